The van der Waals surface area contributed by atoms with E-state index < -0.39 is 0 Å². The summed E-state index contributed by atoms with van der Waals surface area (Å²) in [6.07, 6.45) is 8.60. The normalized spacial score (nSPS) is 11.4. The molecule has 0 heterocycles. The molecule has 0 bridgehead atoms. The molecule has 0 nitrogen and oxygen atoms in total. The van der Waals surface area contributed by atoms with E-state index in [1.165, 1.54) is 33.4 Å². The largest absolute Gasteiger partial charge is 0.0587 e. The Hall–Kier alpha value is -2.86. The van der Waals surface area contributed by atoms with Crippen molar-refractivity contribution >= 4 is 24.3 Å². The van der Waals surface area contributed by atoms with E-state index in [1.807, 2.05) is 0 Å². The first kappa shape index (κ1) is 16.0. The van der Waals surface area contributed by atoms with Gasteiger partial charge in [0.2, 0.25) is 0 Å². The predicted molar refractivity (Wildman–Crippen MR) is 107 cm³/mol. The molecule has 0 radical (unpaired) electrons. The minimum Gasteiger partial charge on any atom is -0.0587 e. The van der Waals surface area contributed by atoms with Gasteiger partial charge in [0.1, 0.15) is 0 Å². The first-order valence-corrected chi connectivity index (χ1v) is 8.29. The Kier molecular flexibility index (Phi) is 5.08. The Morgan fingerprint density at radius 1 is 0.375 bits per heavy atom. The smallest absolute Gasteiger partial charge is 0.0256 e. The number of benzene rings is 3. The standard InChI is InChI=1S/C24H22/c1-19-3-7-21(8-4-19)11-13-23-15-17-24(18-16-23)14-12-22-9-5-20(2)6-10-22/h3-18H,1-2H3/b13-11+,14-12+. The van der Waals surface area contributed by atoms with Crippen molar-refractivity contribution in [1.82, 2.24) is 0 Å². The molecule has 3 rings (SSSR count). The van der Waals surface area contributed by atoms with Crippen LogP contribution in [0.25, 0.3) is 24.3 Å². The molecule has 118 valence electrons. The third kappa shape index (κ3) is 4.57. The van der Waals surface area contributed by atoms with Gasteiger partial charge >= 0.3 is 0 Å². The Morgan fingerprint density at radius 2 is 0.583 bits per heavy atom. The summed E-state index contributed by atoms with van der Waals surface area (Å²) in [5.41, 5.74) is 7.45. The van der Waals surface area contributed by atoms with Crippen LogP contribution in [0.5, 0.6) is 0 Å². The molecular formula is C24H22. The Bertz CT molecular complexity index is 756. The summed E-state index contributed by atoms with van der Waals surface area (Å²) in [7, 11) is 0. The van der Waals surface area contributed by atoms with Gasteiger partial charge in [-0.25, -0.2) is 0 Å². The molecule has 0 aliphatic carbocycles. The Balaban J connectivity index is 1.66. The second-order valence-electron chi connectivity index (χ2n) is 6.15. The van der Waals surface area contributed by atoms with E-state index in [4.69, 9.17) is 0 Å². The lowest BCUT2D eigenvalue weighted by atomic mass is 10.1. The minimum atomic E-state index is 1.21. The zero-order chi connectivity index (χ0) is 16.8. The van der Waals surface area contributed by atoms with Crippen molar-refractivity contribution in [1.29, 1.82) is 0 Å². The molecule has 0 spiro atoms. The van der Waals surface area contributed by atoms with Gasteiger partial charge < -0.3 is 0 Å². The van der Waals surface area contributed by atoms with Crippen molar-refractivity contribution < 1.29 is 0 Å². The van der Waals surface area contributed by atoms with Crippen LogP contribution in [0.3, 0.4) is 0 Å². The second-order valence-corrected chi connectivity index (χ2v) is 6.15. The van der Waals surface area contributed by atoms with Crippen LogP contribution in [-0.4, -0.2) is 0 Å². The minimum absolute atomic E-state index is 1.21. The molecule has 0 N–H and O–H groups in total. The Labute approximate surface area is 144 Å². The molecule has 3 aromatic carbocycles. The van der Waals surface area contributed by atoms with Crippen molar-refractivity contribution in [2.45, 2.75) is 13.8 Å². The van der Waals surface area contributed by atoms with E-state index in [2.05, 4.69) is 111 Å². The van der Waals surface area contributed by atoms with Gasteiger partial charge in [0.15, 0.2) is 0 Å². The highest BCUT2D eigenvalue weighted by Gasteiger charge is 1.91. The highest BCUT2D eigenvalue weighted by molar-refractivity contribution is 5.73. The molecule has 0 saturated heterocycles. The van der Waals surface area contributed by atoms with E-state index in [9.17, 15) is 0 Å². The van der Waals surface area contributed by atoms with Crippen LogP contribution in [0, 0.1) is 13.8 Å². The second kappa shape index (κ2) is 7.61. The highest BCUT2D eigenvalue weighted by atomic mass is 14.0. The topological polar surface area (TPSA) is 0 Å². The molecule has 0 saturated carbocycles. The maximum Gasteiger partial charge on any atom is -0.0256 e. The van der Waals surface area contributed by atoms with E-state index >= 15 is 0 Å². The van der Waals surface area contributed by atoms with E-state index in [1.54, 1.807) is 0 Å². The lowest BCUT2D eigenvalue weighted by Crippen LogP contribution is -1.77. The van der Waals surface area contributed by atoms with Crippen LogP contribution < -0.4 is 0 Å². The predicted octanol–water partition coefficient (Wildman–Crippen LogP) is 6.64. The lowest BCUT2D eigenvalue weighted by molar-refractivity contribution is 1.46. The van der Waals surface area contributed by atoms with Crippen LogP contribution in [0.2, 0.25) is 0 Å². The van der Waals surface area contributed by atoms with Gasteiger partial charge in [-0.1, -0.05) is 108 Å². The van der Waals surface area contributed by atoms with E-state index in [0.29, 0.717) is 0 Å². The van der Waals surface area contributed by atoms with Crippen molar-refractivity contribution in [3.63, 3.8) is 0 Å². The van der Waals surface area contributed by atoms with Gasteiger partial charge in [-0.05, 0) is 36.1 Å². The van der Waals surface area contributed by atoms with Gasteiger partial charge in [-0.15, -0.1) is 0 Å². The molecule has 0 unspecified atom stereocenters. The third-order valence-electron chi connectivity index (χ3n) is 4.03. The number of hydrogen-bond acceptors (Lipinski definition) is 0. The van der Waals surface area contributed by atoms with Crippen molar-refractivity contribution in [2.24, 2.45) is 0 Å². The monoisotopic (exact) mass is 310 g/mol. The maximum absolute atomic E-state index is 2.15. The fourth-order valence-electron chi connectivity index (χ4n) is 2.46. The van der Waals surface area contributed by atoms with E-state index in [0.717, 1.165) is 0 Å². The fourth-order valence-corrected chi connectivity index (χ4v) is 2.46. The lowest BCUT2D eigenvalue weighted by Gasteiger charge is -1.98. The Morgan fingerprint density at radius 3 is 0.833 bits per heavy atom. The zero-order valence-electron chi connectivity index (χ0n) is 14.2. The molecular weight excluding hydrogens is 288 g/mol. The number of hydrogen-bond donors (Lipinski definition) is 0. The summed E-state index contributed by atoms with van der Waals surface area (Å²) in [6, 6.07) is 25.7. The summed E-state index contributed by atoms with van der Waals surface area (Å²) in [5, 5.41) is 0. The summed E-state index contributed by atoms with van der Waals surface area (Å²) in [4.78, 5) is 0. The summed E-state index contributed by atoms with van der Waals surface area (Å²) in [5.74, 6) is 0. The third-order valence-corrected chi connectivity index (χ3v) is 4.03. The molecule has 3 aromatic rings. The summed E-state index contributed by atoms with van der Waals surface area (Å²) < 4.78 is 0. The van der Waals surface area contributed by atoms with Gasteiger partial charge in [-0.2, -0.15) is 0 Å². The van der Waals surface area contributed by atoms with Crippen molar-refractivity contribution in [3.8, 4) is 0 Å². The molecule has 0 atom stereocenters. The maximum atomic E-state index is 2.15. The van der Waals surface area contributed by atoms with E-state index in [-0.39, 0.29) is 0 Å². The van der Waals surface area contributed by atoms with Gasteiger partial charge in [0, 0.05) is 0 Å². The van der Waals surface area contributed by atoms with Crippen molar-refractivity contribution in [3.05, 3.63) is 106 Å². The molecule has 24 heavy (non-hydrogen) atoms. The average molecular weight is 310 g/mol. The summed E-state index contributed by atoms with van der Waals surface area (Å²) >= 11 is 0. The van der Waals surface area contributed by atoms with Gasteiger partial charge in [0.25, 0.3) is 0 Å². The first-order chi connectivity index (χ1) is 11.7. The molecule has 0 heteroatoms. The fraction of sp³-hybridized carbons (Fsp3) is 0.0833. The average Bonchev–Trinajstić information content (AvgIpc) is 2.62. The van der Waals surface area contributed by atoms with Gasteiger partial charge in [-0.3, -0.25) is 0 Å². The van der Waals surface area contributed by atoms with Crippen LogP contribution >= 0.6 is 0 Å². The number of aryl methyl sites for hydroxylation is 2. The van der Waals surface area contributed by atoms with Crippen LogP contribution in [0.4, 0.5) is 0 Å². The highest BCUT2D eigenvalue weighted by Crippen LogP contribution is 2.13. The van der Waals surface area contributed by atoms with Crippen LogP contribution in [0.15, 0.2) is 72.8 Å². The van der Waals surface area contributed by atoms with Gasteiger partial charge in [0.05, 0.1) is 0 Å². The molecule has 0 aromatic heterocycles. The summed E-state index contributed by atoms with van der Waals surface area (Å²) in [6.45, 7) is 4.21. The first-order valence-electron chi connectivity index (χ1n) is 8.29. The SMILES string of the molecule is Cc1ccc(/C=C/c2ccc(/C=C/c3ccc(C)cc3)cc2)cc1. The number of rotatable bonds is 4. The molecule has 0 aliphatic rings. The van der Waals surface area contributed by atoms with Crippen molar-refractivity contribution in [2.75, 3.05) is 0 Å². The van der Waals surface area contributed by atoms with Crippen LogP contribution in [-0.2, 0) is 0 Å². The van der Waals surface area contributed by atoms with Crippen LogP contribution in [0.1, 0.15) is 33.4 Å². The molecule has 0 amide bonds. The zero-order valence-corrected chi connectivity index (χ0v) is 14.2. The molecule has 0 fully saturated rings. The molecule has 0 aliphatic heterocycles. The quantitative estimate of drug-likeness (QED) is 0.473.